The van der Waals surface area contributed by atoms with E-state index in [0.29, 0.717) is 19.0 Å². The van der Waals surface area contributed by atoms with Crippen molar-refractivity contribution in [1.29, 1.82) is 0 Å². The van der Waals surface area contributed by atoms with Crippen LogP contribution in [0.3, 0.4) is 0 Å². The summed E-state index contributed by atoms with van der Waals surface area (Å²) in [4.78, 5) is 11.6. The smallest absolute Gasteiger partial charge is 0.376 e. The lowest BCUT2D eigenvalue weighted by Gasteiger charge is -2.06. The lowest BCUT2D eigenvalue weighted by molar-refractivity contribution is 0.0506. The number of hydrogen-bond donors (Lipinski definition) is 0. The fourth-order valence-electron chi connectivity index (χ4n) is 1.48. The quantitative estimate of drug-likeness (QED) is 0.749. The Morgan fingerprint density at radius 3 is 3.00 bits per heavy atom. The van der Waals surface area contributed by atoms with E-state index >= 15 is 0 Å². The van der Waals surface area contributed by atoms with Crippen molar-refractivity contribution in [1.82, 2.24) is 14.8 Å². The number of furan rings is 1. The van der Waals surface area contributed by atoms with Gasteiger partial charge >= 0.3 is 5.97 Å². The summed E-state index contributed by atoms with van der Waals surface area (Å²) >= 11 is 0. The van der Waals surface area contributed by atoms with Crippen molar-refractivity contribution in [2.45, 2.75) is 20.4 Å². The van der Waals surface area contributed by atoms with Crippen LogP contribution in [-0.2, 0) is 11.3 Å². The minimum Gasteiger partial charge on any atom is -0.472 e. The topological polar surface area (TPSA) is 70.2 Å². The Kier molecular flexibility index (Phi) is 3.22. The molecule has 0 aromatic carbocycles. The molecule has 0 saturated heterocycles. The van der Waals surface area contributed by atoms with E-state index in [-0.39, 0.29) is 5.82 Å². The maximum atomic E-state index is 11.6. The van der Waals surface area contributed by atoms with Gasteiger partial charge in [-0.3, -0.25) is 0 Å². The van der Waals surface area contributed by atoms with Gasteiger partial charge in [0.05, 0.1) is 25.7 Å². The van der Waals surface area contributed by atoms with Gasteiger partial charge in [0.1, 0.15) is 5.82 Å². The third-order valence-electron chi connectivity index (χ3n) is 2.31. The van der Waals surface area contributed by atoms with Gasteiger partial charge in [-0.2, -0.15) is 0 Å². The highest BCUT2D eigenvalue weighted by Gasteiger charge is 2.18. The van der Waals surface area contributed by atoms with Crippen LogP contribution in [-0.4, -0.2) is 27.3 Å². The van der Waals surface area contributed by atoms with Gasteiger partial charge in [-0.1, -0.05) is 0 Å². The maximum absolute atomic E-state index is 11.6. The number of aryl methyl sites for hydroxylation is 1. The summed E-state index contributed by atoms with van der Waals surface area (Å²) in [6.07, 6.45) is 3.20. The molecule has 2 aromatic heterocycles. The Morgan fingerprint density at radius 1 is 1.53 bits per heavy atom. The van der Waals surface area contributed by atoms with Crippen molar-refractivity contribution in [3.63, 3.8) is 0 Å². The molecule has 0 unspecified atom stereocenters. The van der Waals surface area contributed by atoms with Crippen molar-refractivity contribution in [2.24, 2.45) is 0 Å². The van der Waals surface area contributed by atoms with Gasteiger partial charge < -0.3 is 13.7 Å². The molecule has 6 heteroatoms. The SMILES string of the molecule is CCOC(=O)c1nnc(C)n1Cc1ccoc1. The molecule has 90 valence electrons. The maximum Gasteiger partial charge on any atom is 0.376 e. The average Bonchev–Trinajstić information content (AvgIpc) is 2.91. The second-order valence-electron chi connectivity index (χ2n) is 3.51. The number of aromatic nitrogens is 3. The van der Waals surface area contributed by atoms with E-state index in [1.165, 1.54) is 0 Å². The van der Waals surface area contributed by atoms with E-state index in [0.717, 1.165) is 5.56 Å². The molecule has 2 heterocycles. The van der Waals surface area contributed by atoms with Crippen LogP contribution < -0.4 is 0 Å². The second kappa shape index (κ2) is 4.82. The van der Waals surface area contributed by atoms with Crippen LogP contribution >= 0.6 is 0 Å². The molecule has 0 bridgehead atoms. The Morgan fingerprint density at radius 2 is 2.35 bits per heavy atom. The molecular weight excluding hydrogens is 222 g/mol. The summed E-state index contributed by atoms with van der Waals surface area (Å²) in [7, 11) is 0. The largest absolute Gasteiger partial charge is 0.472 e. The number of carbonyl (C=O) groups excluding carboxylic acids is 1. The van der Waals surface area contributed by atoms with Gasteiger partial charge in [-0.05, 0) is 19.9 Å². The molecule has 0 spiro atoms. The van der Waals surface area contributed by atoms with E-state index in [1.54, 1.807) is 30.9 Å². The van der Waals surface area contributed by atoms with Crippen molar-refractivity contribution < 1.29 is 13.9 Å². The van der Waals surface area contributed by atoms with Crippen LogP contribution in [0.5, 0.6) is 0 Å². The molecule has 0 aliphatic carbocycles. The number of nitrogens with zero attached hydrogens (tertiary/aromatic N) is 3. The van der Waals surface area contributed by atoms with Crippen molar-refractivity contribution in [3.05, 3.63) is 35.8 Å². The van der Waals surface area contributed by atoms with Gasteiger partial charge in [-0.15, -0.1) is 10.2 Å². The van der Waals surface area contributed by atoms with E-state index in [9.17, 15) is 4.79 Å². The van der Waals surface area contributed by atoms with Crippen LogP contribution in [0.1, 0.15) is 28.9 Å². The van der Waals surface area contributed by atoms with E-state index in [4.69, 9.17) is 9.15 Å². The first-order valence-corrected chi connectivity index (χ1v) is 5.30. The summed E-state index contributed by atoms with van der Waals surface area (Å²) in [5.74, 6) is 0.413. The number of rotatable bonds is 4. The third-order valence-corrected chi connectivity index (χ3v) is 2.31. The summed E-state index contributed by atoms with van der Waals surface area (Å²) in [6.45, 7) is 4.34. The first-order chi connectivity index (χ1) is 8.22. The highest BCUT2D eigenvalue weighted by atomic mass is 16.5. The van der Waals surface area contributed by atoms with Crippen molar-refractivity contribution in [2.75, 3.05) is 6.61 Å². The van der Waals surface area contributed by atoms with E-state index in [1.807, 2.05) is 6.07 Å². The van der Waals surface area contributed by atoms with Gasteiger partial charge in [-0.25, -0.2) is 4.79 Å². The molecule has 0 amide bonds. The molecule has 2 aromatic rings. The molecule has 17 heavy (non-hydrogen) atoms. The van der Waals surface area contributed by atoms with Gasteiger partial charge in [0.2, 0.25) is 5.82 Å². The van der Waals surface area contributed by atoms with Crippen LogP contribution in [0.25, 0.3) is 0 Å². The summed E-state index contributed by atoms with van der Waals surface area (Å²) in [5, 5.41) is 7.70. The molecule has 2 rings (SSSR count). The lowest BCUT2D eigenvalue weighted by Crippen LogP contribution is -2.14. The van der Waals surface area contributed by atoms with Crippen LogP contribution in [0.15, 0.2) is 23.0 Å². The molecule has 0 radical (unpaired) electrons. The minimum atomic E-state index is -0.461. The normalized spacial score (nSPS) is 10.5. The highest BCUT2D eigenvalue weighted by Crippen LogP contribution is 2.09. The molecule has 0 saturated carbocycles. The van der Waals surface area contributed by atoms with Gasteiger partial charge in [0.25, 0.3) is 0 Å². The number of esters is 1. The standard InChI is InChI=1S/C11H13N3O3/c1-3-17-11(15)10-13-12-8(2)14(10)6-9-4-5-16-7-9/h4-5,7H,3,6H2,1-2H3. The van der Waals surface area contributed by atoms with Crippen LogP contribution in [0.4, 0.5) is 0 Å². The lowest BCUT2D eigenvalue weighted by atomic mass is 10.3. The highest BCUT2D eigenvalue weighted by molar-refractivity contribution is 5.85. The van der Waals surface area contributed by atoms with Crippen LogP contribution in [0.2, 0.25) is 0 Å². The number of hydrogen-bond acceptors (Lipinski definition) is 5. The molecule has 0 fully saturated rings. The fourth-order valence-corrected chi connectivity index (χ4v) is 1.48. The Balaban J connectivity index is 2.26. The minimum absolute atomic E-state index is 0.213. The fraction of sp³-hybridized carbons (Fsp3) is 0.364. The van der Waals surface area contributed by atoms with Crippen LogP contribution in [0, 0.1) is 6.92 Å². The molecule has 0 N–H and O–H groups in total. The summed E-state index contributed by atoms with van der Waals surface area (Å²) < 4.78 is 11.6. The number of ether oxygens (including phenoxy) is 1. The predicted octanol–water partition coefficient (Wildman–Crippen LogP) is 1.40. The van der Waals surface area contributed by atoms with E-state index < -0.39 is 5.97 Å². The van der Waals surface area contributed by atoms with Gasteiger partial charge in [0.15, 0.2) is 0 Å². The third kappa shape index (κ3) is 2.35. The first kappa shape index (κ1) is 11.4. The molecule has 0 atom stereocenters. The zero-order chi connectivity index (χ0) is 12.3. The van der Waals surface area contributed by atoms with E-state index in [2.05, 4.69) is 10.2 Å². The average molecular weight is 235 g/mol. The zero-order valence-electron chi connectivity index (χ0n) is 9.71. The molecule has 0 aliphatic heterocycles. The van der Waals surface area contributed by atoms with Gasteiger partial charge in [0, 0.05) is 5.56 Å². The summed E-state index contributed by atoms with van der Waals surface area (Å²) in [5.41, 5.74) is 0.943. The first-order valence-electron chi connectivity index (χ1n) is 5.30. The monoisotopic (exact) mass is 235 g/mol. The predicted molar refractivity (Wildman–Crippen MR) is 58.5 cm³/mol. The second-order valence-corrected chi connectivity index (χ2v) is 3.51. The van der Waals surface area contributed by atoms with Crippen molar-refractivity contribution in [3.8, 4) is 0 Å². The number of carbonyl (C=O) groups is 1. The Bertz CT molecular complexity index is 502. The zero-order valence-corrected chi connectivity index (χ0v) is 9.71. The molecule has 6 nitrogen and oxygen atoms in total. The molecule has 0 aliphatic rings. The Labute approximate surface area is 98.2 Å². The summed E-state index contributed by atoms with van der Waals surface area (Å²) in [6, 6.07) is 1.83. The van der Waals surface area contributed by atoms with Crippen molar-refractivity contribution >= 4 is 5.97 Å². The molecular formula is C11H13N3O3. The Hall–Kier alpha value is -2.11.